The summed E-state index contributed by atoms with van der Waals surface area (Å²) in [5.41, 5.74) is 9.85. The molecule has 15 aliphatic rings. The second kappa shape index (κ2) is 7.07. The smallest absolute Gasteiger partial charge is 0.171 e. The first-order valence-electron chi connectivity index (χ1n) is 20.2. The van der Waals surface area contributed by atoms with Gasteiger partial charge in [-0.3, -0.25) is 0 Å². The minimum atomic E-state index is -0.565. The van der Waals surface area contributed by atoms with E-state index in [4.69, 9.17) is 23.7 Å². The zero-order chi connectivity index (χ0) is 32.5. The van der Waals surface area contributed by atoms with Crippen LogP contribution in [0.5, 0.6) is 0 Å². The van der Waals surface area contributed by atoms with E-state index >= 15 is 0 Å². The van der Waals surface area contributed by atoms with Crippen molar-refractivity contribution < 1.29 is 23.7 Å². The Bertz CT molecular complexity index is 2040. The topological polar surface area (TPSA) is 51.1 Å². The number of fused-ring (bicyclic) bond motifs is 5. The van der Waals surface area contributed by atoms with Gasteiger partial charge in [-0.2, -0.15) is 0 Å². The lowest BCUT2D eigenvalue weighted by Gasteiger charge is -2.63. The van der Waals surface area contributed by atoms with E-state index in [1.807, 2.05) is 0 Å². The molecule has 13 aliphatic carbocycles. The van der Waals surface area contributed by atoms with E-state index in [1.54, 1.807) is 22.3 Å². The molecule has 0 aromatic carbocycles. The molecule has 6 heteroatoms. The van der Waals surface area contributed by atoms with Crippen molar-refractivity contribution in [3.63, 3.8) is 0 Å². The summed E-state index contributed by atoms with van der Waals surface area (Å²) >= 11 is 0. The van der Waals surface area contributed by atoms with E-state index in [0.717, 1.165) is 0 Å². The van der Waals surface area contributed by atoms with Gasteiger partial charge in [0.25, 0.3) is 0 Å². The van der Waals surface area contributed by atoms with E-state index in [1.165, 1.54) is 48.2 Å². The van der Waals surface area contributed by atoms with Gasteiger partial charge in [0.1, 0.15) is 16.8 Å². The molecule has 5 saturated carbocycles. The predicted octanol–water partition coefficient (Wildman–Crippen LogP) is 6.04. The normalized spacial score (nSPS) is 63.8. The molecule has 1 aromatic heterocycles. The molecule has 16 rings (SSSR count). The Kier molecular flexibility index (Phi) is 3.75. The molecule has 0 N–H and O–H groups in total. The summed E-state index contributed by atoms with van der Waals surface area (Å²) in [6, 6.07) is 0. The van der Waals surface area contributed by atoms with Crippen LogP contribution in [0.2, 0.25) is 0 Å². The Labute approximate surface area is 292 Å². The van der Waals surface area contributed by atoms with Crippen LogP contribution in [0.4, 0.5) is 0 Å². The fourth-order valence-corrected chi connectivity index (χ4v) is 20.4. The van der Waals surface area contributed by atoms with Crippen LogP contribution < -0.4 is 0 Å². The van der Waals surface area contributed by atoms with E-state index in [9.17, 15) is 0 Å². The molecule has 3 heterocycles. The number of rotatable bonds is 5. The lowest BCUT2D eigenvalue weighted by molar-refractivity contribution is -0.243. The molecule has 50 heavy (non-hydrogen) atoms. The summed E-state index contributed by atoms with van der Waals surface area (Å²) in [5, 5.41) is 0. The van der Waals surface area contributed by atoms with E-state index in [0.29, 0.717) is 94.7 Å². The van der Waals surface area contributed by atoms with Gasteiger partial charge in [-0.25, -0.2) is 0 Å². The van der Waals surface area contributed by atoms with Crippen LogP contribution in [0.25, 0.3) is 0 Å². The van der Waals surface area contributed by atoms with Crippen molar-refractivity contribution in [2.24, 2.45) is 94.7 Å². The molecular weight excluding hydrogens is 622 g/mol. The second-order valence-corrected chi connectivity index (χ2v) is 19.5. The van der Waals surface area contributed by atoms with Crippen molar-refractivity contribution in [1.82, 2.24) is 4.57 Å². The quantitative estimate of drug-likeness (QED) is 0.359. The molecule has 0 bridgehead atoms. The number of aromatic nitrogens is 1. The molecule has 0 saturated heterocycles. The lowest BCUT2D eigenvalue weighted by atomic mass is 9.48. The van der Waals surface area contributed by atoms with E-state index in [-0.39, 0.29) is 0 Å². The average Bonchev–Trinajstić information content (AvgIpc) is 3.96. The molecule has 256 valence electrons. The minimum absolute atomic E-state index is 0.325. The van der Waals surface area contributed by atoms with Crippen LogP contribution in [-0.2, 0) is 51.8 Å². The van der Waals surface area contributed by atoms with E-state index < -0.39 is 28.1 Å². The molecular formula is C44H45NO5. The van der Waals surface area contributed by atoms with Crippen LogP contribution in [0.3, 0.4) is 0 Å². The number of ether oxygens (including phenoxy) is 5. The van der Waals surface area contributed by atoms with Crippen molar-refractivity contribution in [1.29, 1.82) is 0 Å². The third-order valence-corrected chi connectivity index (χ3v) is 20.3. The summed E-state index contributed by atoms with van der Waals surface area (Å²) in [4.78, 5) is 0. The summed E-state index contributed by atoms with van der Waals surface area (Å²) in [7, 11) is 10.4. The Morgan fingerprint density at radius 3 is 1.58 bits per heavy atom. The monoisotopic (exact) mass is 667 g/mol. The predicted molar refractivity (Wildman–Crippen MR) is 180 cm³/mol. The number of hydrogen-bond acceptors (Lipinski definition) is 5. The van der Waals surface area contributed by atoms with Crippen LogP contribution in [0, 0.1) is 94.7 Å². The highest BCUT2D eigenvalue weighted by molar-refractivity contribution is 5.76. The molecule has 21 atom stereocenters. The zero-order valence-electron chi connectivity index (χ0n) is 29.5. The molecule has 1 aromatic rings. The maximum absolute atomic E-state index is 7.52. The van der Waals surface area contributed by atoms with Gasteiger partial charge in [0.05, 0.1) is 11.4 Å². The first kappa shape index (κ1) is 26.5. The third-order valence-electron chi connectivity index (χ3n) is 20.3. The van der Waals surface area contributed by atoms with Crippen molar-refractivity contribution in [3.05, 3.63) is 81.3 Å². The molecule has 0 radical (unpaired) electrons. The summed E-state index contributed by atoms with van der Waals surface area (Å²) < 4.78 is 40.3. The van der Waals surface area contributed by atoms with Crippen LogP contribution in [-0.4, -0.2) is 40.1 Å². The number of nitrogens with zero attached hydrogens (tertiary/aromatic N) is 1. The fraction of sp³-hybridized carbons (Fsp3) is 0.682. The first-order valence-corrected chi connectivity index (χ1v) is 20.2. The summed E-state index contributed by atoms with van der Waals surface area (Å²) in [6.07, 6.45) is 21.2. The van der Waals surface area contributed by atoms with Crippen molar-refractivity contribution in [2.75, 3.05) is 35.5 Å². The maximum Gasteiger partial charge on any atom is 0.171 e. The van der Waals surface area contributed by atoms with Crippen molar-refractivity contribution in [3.8, 4) is 0 Å². The highest BCUT2D eigenvalue weighted by Gasteiger charge is 2.91. The third kappa shape index (κ3) is 1.77. The van der Waals surface area contributed by atoms with Crippen LogP contribution >= 0.6 is 0 Å². The average molecular weight is 668 g/mol. The summed E-state index contributed by atoms with van der Waals surface area (Å²) in [5.74, 6) is 6.68. The Morgan fingerprint density at radius 1 is 0.460 bits per heavy atom. The number of hydrogen-bond donors (Lipinski definition) is 0. The van der Waals surface area contributed by atoms with Gasteiger partial charge in [0, 0.05) is 82.2 Å². The van der Waals surface area contributed by atoms with Crippen molar-refractivity contribution >= 4 is 0 Å². The maximum atomic E-state index is 7.52. The second-order valence-electron chi connectivity index (χ2n) is 19.5. The van der Waals surface area contributed by atoms with Gasteiger partial charge in [-0.05, 0) is 107 Å². The molecule has 0 amide bonds. The highest BCUT2D eigenvalue weighted by atomic mass is 16.5. The minimum Gasteiger partial charge on any atom is -0.373 e. The van der Waals surface area contributed by atoms with Gasteiger partial charge >= 0.3 is 0 Å². The van der Waals surface area contributed by atoms with Gasteiger partial charge < -0.3 is 28.3 Å². The molecule has 0 spiro atoms. The highest BCUT2D eigenvalue weighted by Crippen LogP contribution is 2.90. The lowest BCUT2D eigenvalue weighted by Crippen LogP contribution is -2.67. The summed E-state index contributed by atoms with van der Waals surface area (Å²) in [6.45, 7) is 0. The largest absolute Gasteiger partial charge is 0.373 e. The van der Waals surface area contributed by atoms with Crippen LogP contribution in [0.15, 0.2) is 58.7 Å². The van der Waals surface area contributed by atoms with Crippen LogP contribution in [0.1, 0.15) is 48.2 Å². The van der Waals surface area contributed by atoms with Gasteiger partial charge in [-0.1, -0.05) is 36.5 Å². The Hall–Kier alpha value is -2.22. The van der Waals surface area contributed by atoms with Gasteiger partial charge in [0.15, 0.2) is 11.3 Å². The Balaban J connectivity index is 1.25. The Morgan fingerprint density at radius 2 is 0.980 bits per heavy atom. The first-order chi connectivity index (χ1) is 24.5. The fourth-order valence-electron chi connectivity index (χ4n) is 20.4. The van der Waals surface area contributed by atoms with Gasteiger partial charge in [-0.15, -0.1) is 0 Å². The van der Waals surface area contributed by atoms with Gasteiger partial charge in [0.2, 0.25) is 0 Å². The van der Waals surface area contributed by atoms with Crippen molar-refractivity contribution in [2.45, 2.75) is 53.8 Å². The number of allylic oxidation sites excluding steroid dienone is 6. The number of methoxy groups -OCH3 is 5. The molecule has 5 fully saturated rings. The molecule has 2 aliphatic heterocycles. The molecule has 16 unspecified atom stereocenters. The van der Waals surface area contributed by atoms with E-state index in [2.05, 4.69) is 76.6 Å². The molecule has 6 nitrogen and oxygen atoms in total. The standard InChI is InChI=1S/C44H45NO5/c1-46-40-26-16-6-7-17-19-9-11-21-23-13-15-25-24-14-12-22-20-10-8-18(16)28(40)30(20)42(48-3)32(22)34(24)44(50-5)35(25)33(23)43(49-4)31(21)29(19)41(47-2,27(17)26)37-36(40)38(42)45(44)39(37)43/h6-8,10,12,14,16-28,30,32,34H,9,11,13,15H2,1-5H3/t16?,17?,18?,19?,20?,21?,22?,23?,24?,25?,26?,27?,28?,30?,32?,34?,40-,41+,42-,43+,44-/m1/s1. The zero-order valence-corrected chi connectivity index (χ0v) is 29.5. The SMILES string of the molecule is CO[C@@]12C3=C4C5CCC3C3CCC6C(=C31)[C@]1(OC)C3C6C=CC6C7C=CC8C9C=CC5C5C9[C@]9(OC)c%10c(c2n1c%10[C@@](OC)(C7C89)C63)[C@@]45OC.